The Labute approximate surface area is 222 Å². The third-order valence-electron chi connectivity index (χ3n) is 9.44. The molecule has 1 aromatic carbocycles. The van der Waals surface area contributed by atoms with Gasteiger partial charge >= 0.3 is 5.69 Å². The van der Waals surface area contributed by atoms with Gasteiger partial charge in [-0.25, -0.2) is 4.79 Å². The van der Waals surface area contributed by atoms with Gasteiger partial charge in [0.1, 0.15) is 0 Å². The maximum Gasteiger partial charge on any atom is 0.329 e. The lowest BCUT2D eigenvalue weighted by atomic mass is 9.87. The first kappa shape index (κ1) is 26.5. The van der Waals surface area contributed by atoms with Crippen molar-refractivity contribution in [2.24, 2.45) is 11.8 Å². The number of hydrogen-bond donors (Lipinski definition) is 0. The van der Waals surface area contributed by atoms with Gasteiger partial charge in [0.15, 0.2) is 0 Å². The lowest BCUT2D eigenvalue weighted by Crippen LogP contribution is -2.51. The Morgan fingerprint density at radius 1 is 0.919 bits per heavy atom. The van der Waals surface area contributed by atoms with Crippen molar-refractivity contribution < 1.29 is 4.79 Å². The Morgan fingerprint density at radius 3 is 2.30 bits per heavy atom. The van der Waals surface area contributed by atoms with Gasteiger partial charge in [0, 0.05) is 45.3 Å². The Hall–Kier alpha value is -2.12. The number of imidazole rings is 1. The van der Waals surface area contributed by atoms with Crippen LogP contribution < -0.4 is 5.69 Å². The monoisotopic (exact) mass is 509 g/mol. The first-order valence-corrected chi connectivity index (χ1v) is 14.8. The van der Waals surface area contributed by atoms with Crippen molar-refractivity contribution in [2.45, 2.75) is 83.3 Å². The zero-order chi connectivity index (χ0) is 25.9. The van der Waals surface area contributed by atoms with E-state index in [2.05, 4.69) is 34.9 Å². The van der Waals surface area contributed by atoms with Crippen LogP contribution in [0.4, 0.5) is 0 Å². The van der Waals surface area contributed by atoms with E-state index in [1.165, 1.54) is 44.9 Å². The zero-order valence-corrected chi connectivity index (χ0v) is 23.3. The number of rotatable bonds is 6. The number of aryl methyl sites for hydroxylation is 1. The number of amides is 1. The van der Waals surface area contributed by atoms with Crippen molar-refractivity contribution in [1.29, 1.82) is 0 Å². The van der Waals surface area contributed by atoms with Crippen molar-refractivity contribution in [1.82, 2.24) is 23.8 Å². The molecule has 3 fully saturated rings. The van der Waals surface area contributed by atoms with Crippen LogP contribution in [0, 0.1) is 11.8 Å². The normalized spacial score (nSPS) is 26.6. The van der Waals surface area contributed by atoms with Crippen LogP contribution in [0.15, 0.2) is 29.1 Å². The van der Waals surface area contributed by atoms with Crippen molar-refractivity contribution in [3.63, 3.8) is 0 Å². The van der Waals surface area contributed by atoms with Gasteiger partial charge in [0.25, 0.3) is 0 Å². The molecule has 0 bridgehead atoms. The number of likely N-dealkylation sites (tertiary alicyclic amines) is 2. The minimum atomic E-state index is -0.183. The minimum absolute atomic E-state index is 0.0348. The molecular formula is C30H47N5O2. The SMILES string of the molecule is CCn1c(=O)n([C@H]2CCN(CC3CCCCCCC3)C[C@@H]2C(=O)N2CCC(N(C)C)C2)c2ccccc21. The summed E-state index contributed by atoms with van der Waals surface area (Å²) in [7, 11) is 4.22. The molecule has 1 unspecified atom stereocenters. The second-order valence-corrected chi connectivity index (χ2v) is 12.0. The molecule has 37 heavy (non-hydrogen) atoms. The Bertz CT molecular complexity index is 1110. The number of piperidine rings is 1. The highest BCUT2D eigenvalue weighted by molar-refractivity contribution is 5.81. The summed E-state index contributed by atoms with van der Waals surface area (Å²) in [4.78, 5) is 34.8. The molecule has 204 valence electrons. The Morgan fingerprint density at radius 2 is 1.62 bits per heavy atom. The van der Waals surface area contributed by atoms with E-state index in [4.69, 9.17) is 0 Å². The molecular weight excluding hydrogens is 462 g/mol. The first-order chi connectivity index (χ1) is 18.0. The summed E-state index contributed by atoms with van der Waals surface area (Å²) < 4.78 is 3.85. The fourth-order valence-electron chi connectivity index (χ4n) is 7.27. The molecule has 5 rings (SSSR count). The first-order valence-electron chi connectivity index (χ1n) is 14.8. The number of nitrogens with zero attached hydrogens (tertiary/aromatic N) is 5. The number of fused-ring (bicyclic) bond motifs is 1. The standard InChI is InChI=1S/C30H47N5O2/c1-4-34-27-14-10-11-15-28(27)35(30(34)37)26-17-18-32(20-23-12-8-6-5-7-9-13-23)22-25(26)29(36)33-19-16-24(21-33)31(2)3/h10-11,14-15,23-26H,4-9,12-13,16-22H2,1-3H3/t24?,25-,26-/m0/s1. The molecule has 2 saturated heterocycles. The van der Waals surface area contributed by atoms with Gasteiger partial charge in [-0.3, -0.25) is 13.9 Å². The summed E-state index contributed by atoms with van der Waals surface area (Å²) in [6.07, 6.45) is 11.3. The molecule has 0 spiro atoms. The molecule has 7 heteroatoms. The molecule has 7 nitrogen and oxygen atoms in total. The lowest BCUT2D eigenvalue weighted by molar-refractivity contribution is -0.138. The fourth-order valence-corrected chi connectivity index (χ4v) is 7.27. The number of benzene rings is 1. The van der Waals surface area contributed by atoms with E-state index in [1.807, 2.05) is 34.3 Å². The summed E-state index contributed by atoms with van der Waals surface area (Å²) in [5.41, 5.74) is 1.98. The third kappa shape index (κ3) is 5.53. The number of likely N-dealkylation sites (N-methyl/N-ethyl adjacent to an activating group) is 1. The average molecular weight is 510 g/mol. The maximum atomic E-state index is 14.2. The molecule has 3 heterocycles. The van der Waals surface area contributed by atoms with Gasteiger partial charge in [-0.1, -0.05) is 44.2 Å². The van der Waals surface area contributed by atoms with Crippen molar-refractivity contribution in [3.05, 3.63) is 34.7 Å². The van der Waals surface area contributed by atoms with Crippen molar-refractivity contribution in [2.75, 3.05) is 46.8 Å². The van der Waals surface area contributed by atoms with Crippen LogP contribution in [0.5, 0.6) is 0 Å². The number of hydrogen-bond acceptors (Lipinski definition) is 4. The quantitative estimate of drug-likeness (QED) is 0.586. The molecule has 0 radical (unpaired) electrons. The third-order valence-corrected chi connectivity index (χ3v) is 9.44. The van der Waals surface area contributed by atoms with E-state index in [9.17, 15) is 9.59 Å². The molecule has 3 aliphatic rings. The summed E-state index contributed by atoms with van der Waals surface area (Å²) in [5.74, 6) is 0.802. The van der Waals surface area contributed by atoms with Crippen molar-refractivity contribution in [3.8, 4) is 0 Å². The van der Waals surface area contributed by atoms with Crippen LogP contribution in [-0.4, -0.2) is 82.6 Å². The van der Waals surface area contributed by atoms with Gasteiger partial charge in [0.05, 0.1) is 23.0 Å². The van der Waals surface area contributed by atoms with Crippen LogP contribution in [0.2, 0.25) is 0 Å². The zero-order valence-electron chi connectivity index (χ0n) is 23.3. The smallest absolute Gasteiger partial charge is 0.329 e. The van der Waals surface area contributed by atoms with E-state index in [0.29, 0.717) is 12.6 Å². The van der Waals surface area contributed by atoms with Crippen molar-refractivity contribution >= 4 is 16.9 Å². The number of carbonyl (C=O) groups excluding carboxylic acids is 1. The molecule has 1 aliphatic carbocycles. The largest absolute Gasteiger partial charge is 0.341 e. The minimum Gasteiger partial charge on any atom is -0.341 e. The maximum absolute atomic E-state index is 14.2. The second kappa shape index (κ2) is 11.7. The van der Waals surface area contributed by atoms with Gasteiger partial charge in [-0.2, -0.15) is 0 Å². The van der Waals surface area contributed by atoms with Gasteiger partial charge in [-0.15, -0.1) is 0 Å². The highest BCUT2D eigenvalue weighted by atomic mass is 16.2. The summed E-state index contributed by atoms with van der Waals surface area (Å²) in [5, 5.41) is 0. The number of carbonyl (C=O) groups is 1. The predicted octanol–water partition coefficient (Wildman–Crippen LogP) is 4.21. The molecule has 1 saturated carbocycles. The Balaban J connectivity index is 1.43. The van der Waals surface area contributed by atoms with Crippen LogP contribution in [-0.2, 0) is 11.3 Å². The van der Waals surface area contributed by atoms with Gasteiger partial charge < -0.3 is 14.7 Å². The van der Waals surface area contributed by atoms with E-state index < -0.39 is 0 Å². The second-order valence-electron chi connectivity index (χ2n) is 12.0. The number of para-hydroxylation sites is 2. The molecule has 0 N–H and O–H groups in total. The highest BCUT2D eigenvalue weighted by Gasteiger charge is 2.41. The van der Waals surface area contributed by atoms with Gasteiger partial charge in [-0.05, 0) is 64.8 Å². The fraction of sp³-hybridized carbons (Fsp3) is 0.733. The van der Waals surface area contributed by atoms with E-state index in [1.54, 1.807) is 0 Å². The highest BCUT2D eigenvalue weighted by Crippen LogP contribution is 2.34. The summed E-state index contributed by atoms with van der Waals surface area (Å²) >= 11 is 0. The van der Waals surface area contributed by atoms with Gasteiger partial charge in [0.2, 0.25) is 5.91 Å². The van der Waals surface area contributed by atoms with E-state index in [-0.39, 0.29) is 23.6 Å². The van der Waals surface area contributed by atoms with E-state index in [0.717, 1.165) is 62.5 Å². The van der Waals surface area contributed by atoms with Crippen LogP contribution in [0.3, 0.4) is 0 Å². The molecule has 2 aromatic rings. The summed E-state index contributed by atoms with van der Waals surface area (Å²) in [6.45, 7) is 7.11. The number of aromatic nitrogens is 2. The van der Waals surface area contributed by atoms with Crippen LogP contribution in [0.25, 0.3) is 11.0 Å². The van der Waals surface area contributed by atoms with E-state index >= 15 is 0 Å². The molecule has 3 atom stereocenters. The average Bonchev–Trinajstić information content (AvgIpc) is 3.48. The Kier molecular flexibility index (Phi) is 8.40. The predicted molar refractivity (Wildman–Crippen MR) is 150 cm³/mol. The molecule has 1 aromatic heterocycles. The molecule has 2 aliphatic heterocycles. The molecule has 1 amide bonds. The lowest BCUT2D eigenvalue weighted by Gasteiger charge is -2.41. The van der Waals surface area contributed by atoms with Crippen LogP contribution >= 0.6 is 0 Å². The van der Waals surface area contributed by atoms with Crippen LogP contribution in [0.1, 0.15) is 70.8 Å². The summed E-state index contributed by atoms with van der Waals surface area (Å²) in [6, 6.07) is 8.44. The topological polar surface area (TPSA) is 53.7 Å².